The van der Waals surface area contributed by atoms with Gasteiger partial charge in [0, 0.05) is 25.0 Å². The largest absolute Gasteiger partial charge is 0.456 e. The highest BCUT2D eigenvalue weighted by Crippen LogP contribution is 2.64. The Kier molecular flexibility index (Phi) is 4.48. The zero-order chi connectivity index (χ0) is 18.5. The molecule has 5 unspecified atom stereocenters. The van der Waals surface area contributed by atoms with E-state index in [9.17, 15) is 14.7 Å². The highest BCUT2D eigenvalue weighted by atomic mass is 16.7. The molecule has 0 aromatic rings. The number of hydrogen-bond acceptors (Lipinski definition) is 6. The fraction of sp³-hybridized carbons (Fsp3) is 0.789. The van der Waals surface area contributed by atoms with Gasteiger partial charge in [-0.2, -0.15) is 0 Å². The zero-order valence-electron chi connectivity index (χ0n) is 15.3. The van der Waals surface area contributed by atoms with Gasteiger partial charge in [0.2, 0.25) is 0 Å². The summed E-state index contributed by atoms with van der Waals surface area (Å²) in [5, 5.41) is 11.0. The second kappa shape index (κ2) is 6.09. The molecule has 4 aliphatic carbocycles. The molecule has 0 radical (unpaired) electrons. The van der Waals surface area contributed by atoms with E-state index in [1.165, 1.54) is 0 Å². The molecule has 4 rings (SSSR count). The summed E-state index contributed by atoms with van der Waals surface area (Å²) in [5.41, 5.74) is -2.28. The molecule has 6 heteroatoms. The highest BCUT2D eigenvalue weighted by Gasteiger charge is 2.67. The fourth-order valence-corrected chi connectivity index (χ4v) is 5.47. The molecule has 6 nitrogen and oxygen atoms in total. The molecule has 4 aliphatic rings. The van der Waals surface area contributed by atoms with Gasteiger partial charge in [0.1, 0.15) is 5.60 Å². The maximum Gasteiger partial charge on any atom is 0.333 e. The summed E-state index contributed by atoms with van der Waals surface area (Å²) in [7, 11) is 0. The summed E-state index contributed by atoms with van der Waals surface area (Å²) in [6.07, 6.45) is 2.51. The van der Waals surface area contributed by atoms with E-state index in [4.69, 9.17) is 14.2 Å². The quantitative estimate of drug-likeness (QED) is 0.449. The Morgan fingerprint density at radius 3 is 2.56 bits per heavy atom. The van der Waals surface area contributed by atoms with Crippen molar-refractivity contribution in [2.24, 2.45) is 11.3 Å². The van der Waals surface area contributed by atoms with Gasteiger partial charge in [-0.1, -0.05) is 6.58 Å². The van der Waals surface area contributed by atoms with Gasteiger partial charge < -0.3 is 19.3 Å². The number of carbonyl (C=O) groups is 2. The summed E-state index contributed by atoms with van der Waals surface area (Å²) in [5.74, 6) is -0.669. The molecule has 0 aromatic heterocycles. The van der Waals surface area contributed by atoms with Crippen molar-refractivity contribution in [3.8, 4) is 0 Å². The van der Waals surface area contributed by atoms with Crippen LogP contribution < -0.4 is 0 Å². The number of carbonyl (C=O) groups excluding carboxylic acids is 2. The van der Waals surface area contributed by atoms with Crippen molar-refractivity contribution in [1.29, 1.82) is 0 Å². The van der Waals surface area contributed by atoms with Crippen LogP contribution in [0.3, 0.4) is 0 Å². The van der Waals surface area contributed by atoms with E-state index < -0.39 is 28.9 Å². The molecule has 0 amide bonds. The highest BCUT2D eigenvalue weighted by molar-refractivity contribution is 5.87. The molecule has 0 aliphatic heterocycles. The molecule has 5 atom stereocenters. The number of esters is 2. The molecule has 4 saturated carbocycles. The molecular weight excluding hydrogens is 324 g/mol. The Morgan fingerprint density at radius 2 is 1.96 bits per heavy atom. The lowest BCUT2D eigenvalue weighted by Gasteiger charge is -2.62. The minimum Gasteiger partial charge on any atom is -0.456 e. The average Bonchev–Trinajstić information content (AvgIpc) is 2.43. The summed E-state index contributed by atoms with van der Waals surface area (Å²) < 4.78 is 16.6. The third-order valence-electron chi connectivity index (χ3n) is 5.75. The summed E-state index contributed by atoms with van der Waals surface area (Å²) >= 11 is 0. The second-order valence-corrected chi connectivity index (χ2v) is 8.29. The molecule has 0 spiro atoms. The van der Waals surface area contributed by atoms with Crippen molar-refractivity contribution in [3.05, 3.63) is 12.2 Å². The predicted molar refractivity (Wildman–Crippen MR) is 89.4 cm³/mol. The second-order valence-electron chi connectivity index (χ2n) is 8.29. The van der Waals surface area contributed by atoms with Crippen molar-refractivity contribution in [2.45, 2.75) is 76.8 Å². The van der Waals surface area contributed by atoms with E-state index in [2.05, 4.69) is 6.58 Å². The van der Waals surface area contributed by atoms with Gasteiger partial charge >= 0.3 is 11.9 Å². The molecule has 1 N–H and O–H groups in total. The van der Waals surface area contributed by atoms with Crippen LogP contribution in [0.5, 0.6) is 0 Å². The number of aliphatic hydroxyl groups is 1. The van der Waals surface area contributed by atoms with Gasteiger partial charge in [-0.15, -0.1) is 0 Å². The van der Waals surface area contributed by atoms with Crippen LogP contribution >= 0.6 is 0 Å². The first-order valence-electron chi connectivity index (χ1n) is 9.05. The van der Waals surface area contributed by atoms with Gasteiger partial charge in [0.05, 0.1) is 11.0 Å². The van der Waals surface area contributed by atoms with E-state index >= 15 is 0 Å². The smallest absolute Gasteiger partial charge is 0.333 e. The molecular formula is C19H28O6. The Hall–Kier alpha value is -1.40. The lowest BCUT2D eigenvalue weighted by Crippen LogP contribution is -2.66. The Bertz CT molecular complexity index is 601. The SMILES string of the molecule is C=C(C)C(=O)OC12CC3CC(O)(C1)CC(C(=O)OC(C)OCC)(C3)C2. The molecule has 0 saturated heterocycles. The Morgan fingerprint density at radius 1 is 1.24 bits per heavy atom. The minimum atomic E-state index is -0.983. The van der Waals surface area contributed by atoms with Crippen LogP contribution in [0.25, 0.3) is 0 Å². The lowest BCUT2D eigenvalue weighted by molar-refractivity contribution is -0.252. The third kappa shape index (κ3) is 3.34. The van der Waals surface area contributed by atoms with Gasteiger partial charge in [0.15, 0.2) is 6.29 Å². The third-order valence-corrected chi connectivity index (χ3v) is 5.75. The number of ether oxygens (including phenoxy) is 3. The first-order chi connectivity index (χ1) is 11.6. The van der Waals surface area contributed by atoms with E-state index in [0.29, 0.717) is 50.7 Å². The molecule has 140 valence electrons. The molecule has 4 bridgehead atoms. The summed E-state index contributed by atoms with van der Waals surface area (Å²) in [6, 6.07) is 0. The first-order valence-corrected chi connectivity index (χ1v) is 9.05. The number of rotatable bonds is 6. The van der Waals surface area contributed by atoms with Crippen LogP contribution in [0.4, 0.5) is 0 Å². The van der Waals surface area contributed by atoms with Crippen LogP contribution in [-0.4, -0.2) is 41.1 Å². The van der Waals surface area contributed by atoms with E-state index in [1.54, 1.807) is 13.8 Å². The lowest BCUT2D eigenvalue weighted by atomic mass is 9.46. The first kappa shape index (κ1) is 18.4. The summed E-state index contributed by atoms with van der Waals surface area (Å²) in [4.78, 5) is 25.0. The summed E-state index contributed by atoms with van der Waals surface area (Å²) in [6.45, 7) is 9.22. The number of hydrogen-bond donors (Lipinski definition) is 1. The van der Waals surface area contributed by atoms with Gasteiger partial charge in [-0.3, -0.25) is 4.79 Å². The van der Waals surface area contributed by atoms with Crippen molar-refractivity contribution >= 4 is 11.9 Å². The van der Waals surface area contributed by atoms with Crippen molar-refractivity contribution in [3.63, 3.8) is 0 Å². The maximum absolute atomic E-state index is 12.9. The molecule has 25 heavy (non-hydrogen) atoms. The van der Waals surface area contributed by atoms with Crippen molar-refractivity contribution < 1.29 is 28.9 Å². The van der Waals surface area contributed by atoms with E-state index in [0.717, 1.165) is 0 Å². The van der Waals surface area contributed by atoms with Crippen LogP contribution in [0.15, 0.2) is 12.2 Å². The Balaban J connectivity index is 1.85. The van der Waals surface area contributed by atoms with Crippen LogP contribution in [0.2, 0.25) is 0 Å². The maximum atomic E-state index is 12.9. The van der Waals surface area contributed by atoms with Crippen LogP contribution in [0.1, 0.15) is 59.3 Å². The minimum absolute atomic E-state index is 0.147. The molecule has 4 fully saturated rings. The monoisotopic (exact) mass is 352 g/mol. The van der Waals surface area contributed by atoms with Crippen LogP contribution in [-0.2, 0) is 23.8 Å². The standard InChI is InChI=1S/C19H28O6/c1-5-23-13(4)24-16(21)17-6-14-7-18(22,9-17)11-19(8-14,10-17)25-15(20)12(2)3/h13-14,22H,2,5-11H2,1,3-4H3. The van der Waals surface area contributed by atoms with Crippen molar-refractivity contribution in [1.82, 2.24) is 0 Å². The van der Waals surface area contributed by atoms with Crippen LogP contribution in [0, 0.1) is 11.3 Å². The normalized spacial score (nSPS) is 39.8. The van der Waals surface area contributed by atoms with E-state index in [-0.39, 0.29) is 11.9 Å². The van der Waals surface area contributed by atoms with Gasteiger partial charge in [-0.05, 0) is 52.4 Å². The van der Waals surface area contributed by atoms with E-state index in [1.807, 2.05) is 6.92 Å². The fourth-order valence-electron chi connectivity index (χ4n) is 5.47. The predicted octanol–water partition coefficient (Wildman–Crippen LogP) is 2.49. The Labute approximate surface area is 148 Å². The van der Waals surface area contributed by atoms with Gasteiger partial charge in [0.25, 0.3) is 0 Å². The van der Waals surface area contributed by atoms with Gasteiger partial charge in [-0.25, -0.2) is 4.79 Å². The zero-order valence-corrected chi connectivity index (χ0v) is 15.3. The average molecular weight is 352 g/mol. The van der Waals surface area contributed by atoms with Crippen molar-refractivity contribution in [2.75, 3.05) is 6.61 Å². The topological polar surface area (TPSA) is 82.1 Å². The molecule has 0 aromatic carbocycles. The molecule has 0 heterocycles.